The fraction of sp³-hybridized carbons (Fsp3) is 0.273. The highest BCUT2D eigenvalue weighted by atomic mass is 32.2. The predicted molar refractivity (Wildman–Crippen MR) is 67.4 cm³/mol. The summed E-state index contributed by atoms with van der Waals surface area (Å²) in [6.07, 6.45) is 6.68. The van der Waals surface area contributed by atoms with Crippen LogP contribution in [0.1, 0.15) is 10.5 Å². The Morgan fingerprint density at radius 2 is 2.50 bits per heavy atom. The molecule has 3 N–H and O–H groups in total. The Kier molecular flexibility index (Phi) is 5.23. The molecule has 0 aliphatic carbocycles. The number of hydrogen-bond acceptors (Lipinski definition) is 4. The van der Waals surface area contributed by atoms with Gasteiger partial charge < -0.3 is 11.1 Å². The zero-order valence-electron chi connectivity index (χ0n) is 8.77. The molecule has 0 aromatic carbocycles. The molecule has 0 bridgehead atoms. The number of terminal acetylenes is 1. The number of carbonyl (C=O) groups is 1. The van der Waals surface area contributed by atoms with E-state index in [4.69, 9.17) is 12.2 Å². The number of nitrogens with two attached hydrogens (primary N) is 1. The van der Waals surface area contributed by atoms with Crippen LogP contribution in [0, 0.1) is 12.3 Å². The van der Waals surface area contributed by atoms with Crippen LogP contribution >= 0.6 is 11.8 Å². The quantitative estimate of drug-likeness (QED) is 0.569. The van der Waals surface area contributed by atoms with Gasteiger partial charge in [0.15, 0.2) is 0 Å². The first kappa shape index (κ1) is 12.4. The number of primary amides is 1. The van der Waals surface area contributed by atoms with E-state index in [9.17, 15) is 4.79 Å². The maximum absolute atomic E-state index is 10.9. The largest absolute Gasteiger partial charge is 0.384 e. The Morgan fingerprint density at radius 1 is 1.69 bits per heavy atom. The van der Waals surface area contributed by atoms with Crippen molar-refractivity contribution in [2.75, 3.05) is 23.4 Å². The fourth-order valence-corrected chi connectivity index (χ4v) is 1.58. The molecular formula is C11H13N3OS. The first-order valence-electron chi connectivity index (χ1n) is 4.75. The second kappa shape index (κ2) is 6.75. The average molecular weight is 235 g/mol. The van der Waals surface area contributed by atoms with Gasteiger partial charge in [-0.3, -0.25) is 9.78 Å². The highest BCUT2D eigenvalue weighted by molar-refractivity contribution is 7.99. The number of thioether (sulfide) groups is 1. The number of nitrogens with zero attached hydrogens (tertiary/aromatic N) is 1. The molecular weight excluding hydrogens is 222 g/mol. The predicted octanol–water partition coefficient (Wildman–Crippen LogP) is 0.959. The number of nitrogens with one attached hydrogen (secondary N) is 1. The summed E-state index contributed by atoms with van der Waals surface area (Å²) >= 11 is 1.68. The molecule has 0 aliphatic rings. The number of rotatable bonds is 6. The lowest BCUT2D eigenvalue weighted by Gasteiger charge is -2.05. The van der Waals surface area contributed by atoms with Crippen LogP contribution in [0.25, 0.3) is 0 Å². The maximum atomic E-state index is 10.9. The minimum absolute atomic E-state index is 0.265. The van der Waals surface area contributed by atoms with Gasteiger partial charge in [0.1, 0.15) is 5.69 Å². The average Bonchev–Trinajstić information content (AvgIpc) is 2.29. The van der Waals surface area contributed by atoms with Crippen LogP contribution in [-0.2, 0) is 0 Å². The van der Waals surface area contributed by atoms with Crippen molar-refractivity contribution in [1.82, 2.24) is 4.98 Å². The third-order valence-electron chi connectivity index (χ3n) is 1.77. The van der Waals surface area contributed by atoms with Gasteiger partial charge in [0.25, 0.3) is 5.91 Å². The van der Waals surface area contributed by atoms with E-state index in [1.165, 1.54) is 0 Å². The number of amides is 1. The third kappa shape index (κ3) is 4.24. The van der Waals surface area contributed by atoms with Crippen molar-refractivity contribution < 1.29 is 4.79 Å². The highest BCUT2D eigenvalue weighted by Crippen LogP contribution is 2.08. The number of anilines is 1. The fourth-order valence-electron chi connectivity index (χ4n) is 1.07. The lowest BCUT2D eigenvalue weighted by Crippen LogP contribution is -2.13. The van der Waals surface area contributed by atoms with Crippen LogP contribution in [-0.4, -0.2) is 28.9 Å². The Bertz CT molecular complexity index is 400. The second-order valence-corrected chi connectivity index (χ2v) is 4.08. The van der Waals surface area contributed by atoms with E-state index in [1.54, 1.807) is 30.1 Å². The Morgan fingerprint density at radius 3 is 3.19 bits per heavy atom. The Hall–Kier alpha value is -1.67. The molecule has 0 aliphatic heterocycles. The van der Waals surface area contributed by atoms with Gasteiger partial charge in [0, 0.05) is 24.2 Å². The molecule has 0 fully saturated rings. The molecule has 5 heteroatoms. The van der Waals surface area contributed by atoms with Gasteiger partial charge in [-0.05, 0) is 12.1 Å². The highest BCUT2D eigenvalue weighted by Gasteiger charge is 2.01. The van der Waals surface area contributed by atoms with Crippen molar-refractivity contribution >= 4 is 23.4 Å². The summed E-state index contributed by atoms with van der Waals surface area (Å²) in [6.45, 7) is 0.786. The van der Waals surface area contributed by atoms with Gasteiger partial charge in [-0.25, -0.2) is 0 Å². The van der Waals surface area contributed by atoms with E-state index in [-0.39, 0.29) is 5.69 Å². The van der Waals surface area contributed by atoms with E-state index in [0.717, 1.165) is 18.0 Å². The number of pyridine rings is 1. The SMILES string of the molecule is C#CCSCCNc1ccnc(C(N)=O)c1. The molecule has 1 aromatic heterocycles. The minimum Gasteiger partial charge on any atom is -0.384 e. The molecule has 0 spiro atoms. The first-order chi connectivity index (χ1) is 7.74. The van der Waals surface area contributed by atoms with Crippen LogP contribution < -0.4 is 11.1 Å². The summed E-state index contributed by atoms with van der Waals surface area (Å²) in [5.41, 5.74) is 6.22. The monoisotopic (exact) mass is 235 g/mol. The Labute approximate surface area is 99.0 Å². The number of carbonyl (C=O) groups excluding carboxylic acids is 1. The van der Waals surface area contributed by atoms with E-state index in [1.807, 2.05) is 0 Å². The molecule has 0 atom stereocenters. The molecule has 1 rings (SSSR count). The topological polar surface area (TPSA) is 68.0 Å². The van der Waals surface area contributed by atoms with E-state index < -0.39 is 5.91 Å². The van der Waals surface area contributed by atoms with Gasteiger partial charge in [0.05, 0.1) is 5.75 Å². The van der Waals surface area contributed by atoms with Crippen LogP contribution in [0.4, 0.5) is 5.69 Å². The molecule has 0 saturated heterocycles. The van der Waals surface area contributed by atoms with Crippen LogP contribution in [0.5, 0.6) is 0 Å². The van der Waals surface area contributed by atoms with Crippen molar-refractivity contribution in [3.63, 3.8) is 0 Å². The minimum atomic E-state index is -0.523. The van der Waals surface area contributed by atoms with Gasteiger partial charge in [-0.1, -0.05) is 5.92 Å². The second-order valence-electron chi connectivity index (χ2n) is 2.98. The summed E-state index contributed by atoms with van der Waals surface area (Å²) in [4.78, 5) is 14.7. The molecule has 84 valence electrons. The van der Waals surface area contributed by atoms with Gasteiger partial charge in [-0.15, -0.1) is 18.2 Å². The smallest absolute Gasteiger partial charge is 0.267 e. The molecule has 4 nitrogen and oxygen atoms in total. The van der Waals surface area contributed by atoms with Crippen molar-refractivity contribution in [2.24, 2.45) is 5.73 Å². The normalized spacial score (nSPS) is 9.44. The summed E-state index contributed by atoms with van der Waals surface area (Å²) in [5, 5.41) is 3.16. The number of hydrogen-bond donors (Lipinski definition) is 2. The van der Waals surface area contributed by atoms with Crippen LogP contribution in [0.2, 0.25) is 0 Å². The molecule has 16 heavy (non-hydrogen) atoms. The molecule has 0 saturated carbocycles. The molecule has 1 aromatic rings. The summed E-state index contributed by atoms with van der Waals surface area (Å²) < 4.78 is 0. The zero-order chi connectivity index (χ0) is 11.8. The van der Waals surface area contributed by atoms with Crippen molar-refractivity contribution in [3.05, 3.63) is 24.0 Å². The molecule has 1 amide bonds. The van der Waals surface area contributed by atoms with Gasteiger partial charge >= 0.3 is 0 Å². The van der Waals surface area contributed by atoms with Gasteiger partial charge in [-0.2, -0.15) is 0 Å². The maximum Gasteiger partial charge on any atom is 0.267 e. The lowest BCUT2D eigenvalue weighted by atomic mass is 10.3. The van der Waals surface area contributed by atoms with E-state index in [0.29, 0.717) is 5.75 Å². The van der Waals surface area contributed by atoms with E-state index in [2.05, 4.69) is 16.2 Å². The first-order valence-corrected chi connectivity index (χ1v) is 5.90. The van der Waals surface area contributed by atoms with Crippen molar-refractivity contribution in [2.45, 2.75) is 0 Å². The lowest BCUT2D eigenvalue weighted by molar-refractivity contribution is 0.0995. The molecule has 1 heterocycles. The van der Waals surface area contributed by atoms with Gasteiger partial charge in [0.2, 0.25) is 0 Å². The van der Waals surface area contributed by atoms with Crippen LogP contribution in [0.3, 0.4) is 0 Å². The Balaban J connectivity index is 2.39. The summed E-state index contributed by atoms with van der Waals surface area (Å²) in [5.74, 6) is 3.66. The molecule has 0 radical (unpaired) electrons. The van der Waals surface area contributed by atoms with Crippen molar-refractivity contribution in [1.29, 1.82) is 0 Å². The summed E-state index contributed by atoms with van der Waals surface area (Å²) in [7, 11) is 0. The molecule has 0 unspecified atom stereocenters. The van der Waals surface area contributed by atoms with Crippen LogP contribution in [0.15, 0.2) is 18.3 Å². The standard InChI is InChI=1S/C11H13N3OS/c1-2-6-16-7-5-13-9-3-4-14-10(8-9)11(12)15/h1,3-4,8H,5-7H2,(H2,12,15)(H,13,14). The third-order valence-corrected chi connectivity index (χ3v) is 2.64. The van der Waals surface area contributed by atoms with Crippen molar-refractivity contribution in [3.8, 4) is 12.3 Å². The zero-order valence-corrected chi connectivity index (χ0v) is 9.59. The van der Waals surface area contributed by atoms with E-state index >= 15 is 0 Å². The number of aromatic nitrogens is 1. The summed E-state index contributed by atoms with van der Waals surface area (Å²) in [6, 6.07) is 3.42.